The molecule has 0 unspecified atom stereocenters. The van der Waals surface area contributed by atoms with Crippen LogP contribution < -0.4 is 10.1 Å². The van der Waals surface area contributed by atoms with Crippen LogP contribution in [0.2, 0.25) is 5.02 Å². The van der Waals surface area contributed by atoms with E-state index in [-0.39, 0.29) is 34.6 Å². The lowest BCUT2D eigenvalue weighted by Crippen LogP contribution is -2.43. The fourth-order valence-corrected chi connectivity index (χ4v) is 6.96. The molecule has 2 aromatic rings. The van der Waals surface area contributed by atoms with Gasteiger partial charge in [0.05, 0.1) is 12.0 Å². The van der Waals surface area contributed by atoms with Crippen LogP contribution in [-0.2, 0) is 4.79 Å². The smallest absolute Gasteiger partial charge is 0.310 e. The predicted molar refractivity (Wildman–Crippen MR) is 144 cm³/mol. The van der Waals surface area contributed by atoms with Gasteiger partial charge in [-0.3, -0.25) is 19.7 Å². The normalized spacial score (nSPS) is 26.6. The average molecular weight is 540 g/mol. The van der Waals surface area contributed by atoms with Crippen molar-refractivity contribution in [3.63, 3.8) is 0 Å². The van der Waals surface area contributed by atoms with E-state index in [1.54, 1.807) is 0 Å². The molecule has 0 spiro atoms. The van der Waals surface area contributed by atoms with Crippen molar-refractivity contribution in [3.05, 3.63) is 68.7 Å². The molecule has 2 aliphatic carbocycles. The van der Waals surface area contributed by atoms with Crippen molar-refractivity contribution in [1.82, 2.24) is 10.2 Å². The van der Waals surface area contributed by atoms with Crippen molar-refractivity contribution < 1.29 is 19.2 Å². The van der Waals surface area contributed by atoms with Crippen molar-refractivity contribution >= 4 is 29.1 Å². The van der Waals surface area contributed by atoms with E-state index in [2.05, 4.69) is 17.4 Å². The van der Waals surface area contributed by atoms with E-state index in [0.717, 1.165) is 50.0 Å². The summed E-state index contributed by atoms with van der Waals surface area (Å²) in [5.41, 5.74) is 1.39. The Morgan fingerprint density at radius 2 is 1.87 bits per heavy atom. The van der Waals surface area contributed by atoms with Crippen molar-refractivity contribution in [1.29, 1.82) is 0 Å². The maximum absolute atomic E-state index is 13.3. The second kappa shape index (κ2) is 10.9. The van der Waals surface area contributed by atoms with E-state index < -0.39 is 4.92 Å². The molecule has 202 valence electrons. The Balaban J connectivity index is 1.18. The van der Waals surface area contributed by atoms with Gasteiger partial charge in [0.25, 0.3) is 5.91 Å². The van der Waals surface area contributed by atoms with Crippen LogP contribution in [0.25, 0.3) is 0 Å². The number of nitrogens with one attached hydrogen (secondary N) is 1. The Bertz CT molecular complexity index is 1210. The number of carbonyl (C=O) groups excluding carboxylic acids is 2. The third-order valence-electron chi connectivity index (χ3n) is 9.00. The molecule has 1 aliphatic heterocycles. The molecule has 3 fully saturated rings. The number of hydrogen-bond acceptors (Lipinski definition) is 5. The lowest BCUT2D eigenvalue weighted by molar-refractivity contribution is -0.385. The molecule has 2 saturated carbocycles. The van der Waals surface area contributed by atoms with Gasteiger partial charge in [0.15, 0.2) is 5.75 Å². The third-order valence-corrected chi connectivity index (χ3v) is 9.26. The third kappa shape index (κ3) is 5.23. The summed E-state index contributed by atoms with van der Waals surface area (Å²) in [5.74, 6) is 0.895. The van der Waals surface area contributed by atoms with Crippen LogP contribution in [0.5, 0.6) is 5.75 Å². The summed E-state index contributed by atoms with van der Waals surface area (Å²) in [4.78, 5) is 39.0. The van der Waals surface area contributed by atoms with Gasteiger partial charge < -0.3 is 15.0 Å². The van der Waals surface area contributed by atoms with Gasteiger partial charge in [-0.1, -0.05) is 30.2 Å². The monoisotopic (exact) mass is 539 g/mol. The van der Waals surface area contributed by atoms with Gasteiger partial charge >= 0.3 is 5.69 Å². The number of amides is 2. The fourth-order valence-electron chi connectivity index (χ4n) is 6.83. The van der Waals surface area contributed by atoms with Gasteiger partial charge in [-0.05, 0) is 74.1 Å². The minimum absolute atomic E-state index is 0.0292. The Morgan fingerprint density at radius 1 is 1.13 bits per heavy atom. The number of nitro benzene ring substituents is 1. The molecule has 0 radical (unpaired) electrons. The minimum atomic E-state index is -0.519. The molecule has 0 bridgehead atoms. The van der Waals surface area contributed by atoms with E-state index in [1.807, 2.05) is 17.0 Å². The molecule has 5 rings (SSSR count). The molecule has 1 saturated heterocycles. The average Bonchev–Trinajstić information content (AvgIpc) is 3.49. The zero-order valence-corrected chi connectivity index (χ0v) is 22.4. The van der Waals surface area contributed by atoms with E-state index in [4.69, 9.17) is 16.3 Å². The summed E-state index contributed by atoms with van der Waals surface area (Å²) < 4.78 is 5.15. The number of nitrogens with zero attached hydrogens (tertiary/aromatic N) is 2. The number of fused-ring (bicyclic) bond motifs is 1. The summed E-state index contributed by atoms with van der Waals surface area (Å²) in [6, 6.07) is 12.3. The van der Waals surface area contributed by atoms with E-state index in [0.29, 0.717) is 37.0 Å². The molecule has 38 heavy (non-hydrogen) atoms. The first kappa shape index (κ1) is 26.5. The van der Waals surface area contributed by atoms with Crippen molar-refractivity contribution in [2.45, 2.75) is 50.9 Å². The number of halogens is 1. The molecule has 0 aromatic heterocycles. The van der Waals surface area contributed by atoms with Gasteiger partial charge in [-0.15, -0.1) is 0 Å². The van der Waals surface area contributed by atoms with E-state index in [1.165, 1.54) is 30.9 Å². The summed E-state index contributed by atoms with van der Waals surface area (Å²) in [5, 5.41) is 15.2. The number of benzene rings is 2. The Hall–Kier alpha value is -3.13. The molecule has 8 nitrogen and oxygen atoms in total. The Morgan fingerprint density at radius 3 is 2.55 bits per heavy atom. The van der Waals surface area contributed by atoms with Gasteiger partial charge in [0, 0.05) is 53.7 Å². The lowest BCUT2D eigenvalue weighted by Gasteiger charge is -2.32. The summed E-state index contributed by atoms with van der Waals surface area (Å²) in [7, 11) is 1.36. The first-order valence-electron chi connectivity index (χ1n) is 13.4. The van der Waals surface area contributed by atoms with Gasteiger partial charge in [0.1, 0.15) is 0 Å². The second-order valence-corrected chi connectivity index (χ2v) is 11.5. The zero-order valence-electron chi connectivity index (χ0n) is 21.7. The number of rotatable bonds is 7. The van der Waals surface area contributed by atoms with Crippen molar-refractivity contribution in [2.24, 2.45) is 17.3 Å². The summed E-state index contributed by atoms with van der Waals surface area (Å²) >= 11 is 6.03. The van der Waals surface area contributed by atoms with Crippen molar-refractivity contribution in [2.75, 3.05) is 26.7 Å². The van der Waals surface area contributed by atoms with Crippen LogP contribution in [0, 0.1) is 27.4 Å². The van der Waals surface area contributed by atoms with E-state index in [9.17, 15) is 19.7 Å². The van der Waals surface area contributed by atoms with Crippen LogP contribution >= 0.6 is 11.6 Å². The van der Waals surface area contributed by atoms with Crippen molar-refractivity contribution in [3.8, 4) is 5.75 Å². The highest BCUT2D eigenvalue weighted by Gasteiger charge is 2.51. The molecule has 9 heteroatoms. The van der Waals surface area contributed by atoms with Crippen LogP contribution in [0.4, 0.5) is 5.69 Å². The number of methoxy groups -OCH3 is 1. The number of carbonyl (C=O) groups is 2. The summed E-state index contributed by atoms with van der Waals surface area (Å²) in [6.07, 6.45) is 6.86. The first-order chi connectivity index (χ1) is 18.3. The number of nitro groups is 1. The Labute approximate surface area is 227 Å². The van der Waals surface area contributed by atoms with Crippen LogP contribution in [-0.4, -0.2) is 48.4 Å². The maximum atomic E-state index is 13.3. The van der Waals surface area contributed by atoms with Crippen LogP contribution in [0.3, 0.4) is 0 Å². The standard InChI is InChI=1S/C29H34ClN3O5/c1-38-26-15-22(10-13-25(26)33(36)37)28(35)32-16-23-3-2-14-29(23,18-32)17-31-27(34)21-6-4-19(5-7-21)20-8-11-24(30)12-9-20/h8-13,15,19,21,23H,2-7,14,16-18H2,1H3,(H,31,34)/t19?,21?,23-,29-/m0/s1. The van der Waals surface area contributed by atoms with Crippen LogP contribution in [0.15, 0.2) is 42.5 Å². The topological polar surface area (TPSA) is 102 Å². The minimum Gasteiger partial charge on any atom is -0.490 e. The largest absolute Gasteiger partial charge is 0.490 e. The molecule has 2 aromatic carbocycles. The molecule has 2 amide bonds. The van der Waals surface area contributed by atoms with Gasteiger partial charge in [-0.25, -0.2) is 0 Å². The number of ether oxygens (including phenoxy) is 1. The quantitative estimate of drug-likeness (QED) is 0.365. The predicted octanol–water partition coefficient (Wildman–Crippen LogP) is 5.59. The molecule has 1 N–H and O–H groups in total. The molecular formula is C29H34ClN3O5. The van der Waals surface area contributed by atoms with Crippen LogP contribution in [0.1, 0.15) is 66.8 Å². The second-order valence-electron chi connectivity index (χ2n) is 11.1. The number of likely N-dealkylation sites (tertiary alicyclic amines) is 1. The van der Waals surface area contributed by atoms with E-state index >= 15 is 0 Å². The van der Waals surface area contributed by atoms with Gasteiger partial charge in [-0.2, -0.15) is 0 Å². The summed E-state index contributed by atoms with van der Waals surface area (Å²) in [6.45, 7) is 1.81. The maximum Gasteiger partial charge on any atom is 0.310 e. The first-order valence-corrected chi connectivity index (χ1v) is 13.8. The Kier molecular flexibility index (Phi) is 7.61. The molecule has 2 atom stereocenters. The highest BCUT2D eigenvalue weighted by molar-refractivity contribution is 6.30. The highest BCUT2D eigenvalue weighted by atomic mass is 35.5. The molecular weight excluding hydrogens is 506 g/mol. The van der Waals surface area contributed by atoms with Gasteiger partial charge in [0.2, 0.25) is 5.91 Å². The molecule has 3 aliphatic rings. The SMILES string of the molecule is COc1cc(C(=O)N2C[C@@H]3CCC[C@]3(CNC(=O)C3CCC(c4ccc(Cl)cc4)CC3)C2)ccc1[N+](=O)[O-]. The lowest BCUT2D eigenvalue weighted by atomic mass is 9.77. The fraction of sp³-hybridized carbons (Fsp3) is 0.517. The molecule has 1 heterocycles. The number of hydrogen-bond donors (Lipinski definition) is 1. The highest BCUT2D eigenvalue weighted by Crippen LogP contribution is 2.49. The zero-order chi connectivity index (χ0) is 26.9.